The van der Waals surface area contributed by atoms with Crippen LogP contribution in [0.4, 0.5) is 4.79 Å². The number of alkyl carbamates (subject to hydrolysis) is 1. The van der Waals surface area contributed by atoms with Crippen LogP contribution in [0, 0.1) is 0 Å². The van der Waals surface area contributed by atoms with E-state index >= 15 is 0 Å². The maximum Gasteiger partial charge on any atom is 0.408 e. The van der Waals surface area contributed by atoms with Gasteiger partial charge in [0.15, 0.2) is 12.0 Å². The average molecular weight is 393 g/mol. The first-order chi connectivity index (χ1) is 14.0. The Hall–Kier alpha value is -3.87. The molecule has 0 aliphatic heterocycles. The van der Waals surface area contributed by atoms with Crippen molar-refractivity contribution in [2.24, 2.45) is 0 Å². The van der Waals surface area contributed by atoms with Gasteiger partial charge < -0.3 is 19.6 Å². The number of amides is 1. The number of nitrogens with one attached hydrogen (secondary N) is 1. The molecule has 1 amide bonds. The van der Waals surface area contributed by atoms with Crippen LogP contribution in [0.3, 0.4) is 0 Å². The minimum absolute atomic E-state index is 0.0552. The molecule has 0 radical (unpaired) electrons. The molecular formula is C22H19NO6. The molecule has 2 N–H and O–H groups in total. The second kappa shape index (κ2) is 9.36. The van der Waals surface area contributed by atoms with Gasteiger partial charge in [0, 0.05) is 12.0 Å². The van der Waals surface area contributed by atoms with Gasteiger partial charge in [-0.05, 0) is 23.3 Å². The molecule has 148 valence electrons. The Morgan fingerprint density at radius 2 is 1.72 bits per heavy atom. The molecule has 0 spiro atoms. The van der Waals surface area contributed by atoms with E-state index in [1.165, 1.54) is 0 Å². The van der Waals surface area contributed by atoms with Crippen LogP contribution in [0.2, 0.25) is 0 Å². The third kappa shape index (κ3) is 5.55. The van der Waals surface area contributed by atoms with Crippen molar-refractivity contribution < 1.29 is 28.6 Å². The fourth-order valence-corrected chi connectivity index (χ4v) is 2.72. The van der Waals surface area contributed by atoms with Crippen molar-refractivity contribution in [3.8, 4) is 11.3 Å². The van der Waals surface area contributed by atoms with E-state index < -0.39 is 18.1 Å². The summed E-state index contributed by atoms with van der Waals surface area (Å²) in [6.07, 6.45) is -0.0825. The summed E-state index contributed by atoms with van der Waals surface area (Å²) < 4.78 is 10.4. The second-order valence-electron chi connectivity index (χ2n) is 6.32. The fraction of sp³-hybridized carbons (Fsp3) is 0.136. The first-order valence-corrected chi connectivity index (χ1v) is 8.89. The maximum absolute atomic E-state index is 12.0. The Morgan fingerprint density at radius 1 is 1.00 bits per heavy atom. The first kappa shape index (κ1) is 19.9. The molecule has 0 saturated carbocycles. The van der Waals surface area contributed by atoms with Crippen molar-refractivity contribution >= 4 is 18.3 Å². The number of carbonyl (C=O) groups is 3. The predicted octanol–water partition coefficient (Wildman–Crippen LogP) is 3.68. The van der Waals surface area contributed by atoms with Gasteiger partial charge in [0.2, 0.25) is 0 Å². The summed E-state index contributed by atoms with van der Waals surface area (Å²) in [5, 5.41) is 11.8. The van der Waals surface area contributed by atoms with Crippen LogP contribution in [0.1, 0.15) is 21.7 Å². The van der Waals surface area contributed by atoms with E-state index in [1.807, 2.05) is 18.2 Å². The zero-order valence-electron chi connectivity index (χ0n) is 15.4. The van der Waals surface area contributed by atoms with Crippen LogP contribution >= 0.6 is 0 Å². The van der Waals surface area contributed by atoms with Crippen molar-refractivity contribution in [1.29, 1.82) is 0 Å². The molecule has 0 aliphatic carbocycles. The smallest absolute Gasteiger partial charge is 0.408 e. The van der Waals surface area contributed by atoms with Gasteiger partial charge in [-0.2, -0.15) is 0 Å². The van der Waals surface area contributed by atoms with Crippen molar-refractivity contribution in [2.75, 3.05) is 0 Å². The van der Waals surface area contributed by atoms with Gasteiger partial charge in [0.25, 0.3) is 0 Å². The number of ether oxygens (including phenoxy) is 1. The number of carboxylic acid groups (broad SMARTS) is 1. The van der Waals surface area contributed by atoms with Gasteiger partial charge in [-0.3, -0.25) is 4.79 Å². The lowest BCUT2D eigenvalue weighted by molar-refractivity contribution is -0.139. The van der Waals surface area contributed by atoms with Crippen molar-refractivity contribution in [3.63, 3.8) is 0 Å². The van der Waals surface area contributed by atoms with E-state index in [0.717, 1.165) is 11.1 Å². The van der Waals surface area contributed by atoms with Gasteiger partial charge >= 0.3 is 12.1 Å². The first-order valence-electron chi connectivity index (χ1n) is 8.89. The van der Waals surface area contributed by atoms with E-state index in [4.69, 9.17) is 9.15 Å². The molecule has 29 heavy (non-hydrogen) atoms. The lowest BCUT2D eigenvalue weighted by atomic mass is 10.0. The number of hydrogen-bond acceptors (Lipinski definition) is 5. The topological polar surface area (TPSA) is 106 Å². The highest BCUT2D eigenvalue weighted by Crippen LogP contribution is 2.22. The maximum atomic E-state index is 12.0. The summed E-state index contributed by atoms with van der Waals surface area (Å²) in [7, 11) is 0. The number of rotatable bonds is 8. The van der Waals surface area contributed by atoms with Crippen molar-refractivity contribution in [1.82, 2.24) is 5.32 Å². The summed E-state index contributed by atoms with van der Waals surface area (Å²) in [6, 6.07) is 18.2. The molecule has 7 nitrogen and oxygen atoms in total. The average Bonchev–Trinajstić information content (AvgIpc) is 3.22. The highest BCUT2D eigenvalue weighted by Gasteiger charge is 2.21. The normalized spacial score (nSPS) is 11.4. The number of carbonyl (C=O) groups excluding carboxylic acids is 2. The number of aliphatic carboxylic acids is 1. The molecule has 3 aromatic rings. The minimum Gasteiger partial charge on any atom is -0.480 e. The van der Waals surface area contributed by atoms with E-state index in [2.05, 4.69) is 5.32 Å². The molecule has 2 aromatic carbocycles. The number of benzene rings is 2. The summed E-state index contributed by atoms with van der Waals surface area (Å²) in [5.74, 6) is -0.392. The van der Waals surface area contributed by atoms with Crippen LogP contribution in [0.25, 0.3) is 11.3 Å². The van der Waals surface area contributed by atoms with Crippen LogP contribution in [-0.2, 0) is 22.6 Å². The zero-order valence-corrected chi connectivity index (χ0v) is 15.4. The number of furan rings is 1. The van der Waals surface area contributed by atoms with Gasteiger partial charge in [-0.1, -0.05) is 54.6 Å². The van der Waals surface area contributed by atoms with Crippen LogP contribution in [0.15, 0.2) is 71.1 Å². The Labute approximate surface area is 166 Å². The second-order valence-corrected chi connectivity index (χ2v) is 6.32. The SMILES string of the molecule is O=Cc1ccc(-c2ccc(C[C@@H](NC(=O)OCc3ccccc3)C(=O)O)cc2)o1. The summed E-state index contributed by atoms with van der Waals surface area (Å²) in [4.78, 5) is 34.2. The molecule has 0 fully saturated rings. The lowest BCUT2D eigenvalue weighted by Crippen LogP contribution is -2.42. The third-order valence-corrected chi connectivity index (χ3v) is 4.22. The molecule has 0 saturated heterocycles. The number of carboxylic acids is 1. The van der Waals surface area contributed by atoms with Gasteiger partial charge in [0.05, 0.1) is 0 Å². The quantitative estimate of drug-likeness (QED) is 0.566. The molecule has 7 heteroatoms. The lowest BCUT2D eigenvalue weighted by Gasteiger charge is -2.15. The minimum atomic E-state index is -1.16. The van der Waals surface area contributed by atoms with Crippen LogP contribution < -0.4 is 5.32 Å². The Balaban J connectivity index is 1.58. The molecule has 1 heterocycles. The molecule has 3 rings (SSSR count). The standard InChI is InChI=1S/C22H19NO6/c24-13-18-10-11-20(29-18)17-8-6-15(7-9-17)12-19(21(25)26)23-22(27)28-14-16-4-2-1-3-5-16/h1-11,13,19H,12,14H2,(H,23,27)(H,25,26)/t19-/m1/s1. The van der Waals surface area contributed by atoms with Gasteiger partial charge in [-0.25, -0.2) is 9.59 Å². The third-order valence-electron chi connectivity index (χ3n) is 4.22. The molecule has 0 bridgehead atoms. The molecule has 0 unspecified atom stereocenters. The monoisotopic (exact) mass is 393 g/mol. The van der Waals surface area contributed by atoms with E-state index in [0.29, 0.717) is 17.6 Å². The molecule has 1 aromatic heterocycles. The molecular weight excluding hydrogens is 374 g/mol. The Morgan fingerprint density at radius 3 is 2.34 bits per heavy atom. The number of hydrogen-bond donors (Lipinski definition) is 2. The predicted molar refractivity (Wildman–Crippen MR) is 104 cm³/mol. The van der Waals surface area contributed by atoms with E-state index in [-0.39, 0.29) is 18.8 Å². The fourth-order valence-electron chi connectivity index (χ4n) is 2.72. The largest absolute Gasteiger partial charge is 0.480 e. The van der Waals surface area contributed by atoms with E-state index in [9.17, 15) is 19.5 Å². The van der Waals surface area contributed by atoms with Crippen LogP contribution in [-0.4, -0.2) is 29.5 Å². The van der Waals surface area contributed by atoms with Gasteiger partial charge in [0.1, 0.15) is 18.4 Å². The highest BCUT2D eigenvalue weighted by atomic mass is 16.5. The van der Waals surface area contributed by atoms with Crippen LogP contribution in [0.5, 0.6) is 0 Å². The number of aldehydes is 1. The molecule has 1 atom stereocenters. The highest BCUT2D eigenvalue weighted by molar-refractivity contribution is 5.80. The Kier molecular flexibility index (Phi) is 6.42. The summed E-state index contributed by atoms with van der Waals surface area (Å²) >= 11 is 0. The molecule has 0 aliphatic rings. The van der Waals surface area contributed by atoms with Gasteiger partial charge in [-0.15, -0.1) is 0 Å². The van der Waals surface area contributed by atoms with E-state index in [1.54, 1.807) is 48.5 Å². The van der Waals surface area contributed by atoms with Crippen molar-refractivity contribution in [2.45, 2.75) is 19.1 Å². The zero-order chi connectivity index (χ0) is 20.6. The Bertz CT molecular complexity index is 978. The summed E-state index contributed by atoms with van der Waals surface area (Å²) in [5.41, 5.74) is 2.27. The summed E-state index contributed by atoms with van der Waals surface area (Å²) in [6.45, 7) is 0.0552. The van der Waals surface area contributed by atoms with Crippen molar-refractivity contribution in [3.05, 3.63) is 83.6 Å².